The zero-order chi connectivity index (χ0) is 13.2. The quantitative estimate of drug-likeness (QED) is 0.673. The summed E-state index contributed by atoms with van der Waals surface area (Å²) in [4.78, 5) is 15.2. The third-order valence-electron chi connectivity index (χ3n) is 3.04. The van der Waals surface area contributed by atoms with Crippen molar-refractivity contribution in [3.8, 4) is 17.1 Å². The lowest BCUT2D eigenvalue weighted by atomic mass is 10.2. The highest BCUT2D eigenvalue weighted by atomic mass is 16.5. The van der Waals surface area contributed by atoms with Crippen LogP contribution < -0.4 is 4.74 Å². The number of aromatic nitrogens is 2. The number of nitrogens with zero attached hydrogens (tertiary/aromatic N) is 2. The van der Waals surface area contributed by atoms with E-state index in [0.717, 1.165) is 28.9 Å². The smallest absolute Gasteiger partial charge is 0.150 e. The van der Waals surface area contributed by atoms with Gasteiger partial charge in [0.2, 0.25) is 0 Å². The molecule has 1 aromatic carbocycles. The summed E-state index contributed by atoms with van der Waals surface area (Å²) in [5.41, 5.74) is 2.44. The van der Waals surface area contributed by atoms with Crippen LogP contribution in [0.4, 0.5) is 0 Å². The highest BCUT2D eigenvalue weighted by molar-refractivity contribution is 5.78. The highest BCUT2D eigenvalue weighted by Crippen LogP contribution is 2.29. The van der Waals surface area contributed by atoms with Crippen molar-refractivity contribution in [2.24, 2.45) is 0 Å². The maximum absolute atomic E-state index is 10.8. The van der Waals surface area contributed by atoms with Gasteiger partial charge in [-0.3, -0.25) is 9.20 Å². The van der Waals surface area contributed by atoms with Gasteiger partial charge in [0, 0.05) is 11.8 Å². The summed E-state index contributed by atoms with van der Waals surface area (Å²) < 4.78 is 7.29. The summed E-state index contributed by atoms with van der Waals surface area (Å²) in [6.45, 7) is 0. The topological polar surface area (TPSA) is 43.6 Å². The number of benzene rings is 1. The number of methoxy groups -OCH3 is 1. The lowest BCUT2D eigenvalue weighted by Crippen LogP contribution is -1.93. The van der Waals surface area contributed by atoms with Gasteiger partial charge in [-0.25, -0.2) is 4.98 Å². The molecular formula is C15H12N2O2. The monoisotopic (exact) mass is 252 g/mol. The Morgan fingerprint density at radius 3 is 2.89 bits per heavy atom. The van der Waals surface area contributed by atoms with Gasteiger partial charge in [-0.05, 0) is 24.3 Å². The molecule has 0 saturated carbocycles. The number of fused-ring (bicyclic) bond motifs is 1. The van der Waals surface area contributed by atoms with Crippen LogP contribution in [-0.4, -0.2) is 22.8 Å². The van der Waals surface area contributed by atoms with E-state index in [4.69, 9.17) is 4.74 Å². The molecule has 0 aliphatic carbocycles. The van der Waals surface area contributed by atoms with Crippen LogP contribution in [0.5, 0.6) is 5.75 Å². The van der Waals surface area contributed by atoms with Crippen molar-refractivity contribution in [2.45, 2.75) is 0 Å². The van der Waals surface area contributed by atoms with Gasteiger partial charge in [-0.15, -0.1) is 0 Å². The van der Waals surface area contributed by atoms with Gasteiger partial charge in [0.25, 0.3) is 0 Å². The van der Waals surface area contributed by atoms with Crippen LogP contribution in [0.1, 0.15) is 10.4 Å². The third-order valence-corrected chi connectivity index (χ3v) is 3.04. The molecule has 4 heteroatoms. The number of carbonyl (C=O) groups is 1. The minimum Gasteiger partial charge on any atom is -0.496 e. The Kier molecular flexibility index (Phi) is 2.76. The first kappa shape index (κ1) is 11.5. The number of pyridine rings is 1. The van der Waals surface area contributed by atoms with Crippen molar-refractivity contribution in [1.29, 1.82) is 0 Å². The fourth-order valence-electron chi connectivity index (χ4n) is 2.12. The minimum atomic E-state index is 0.638. The molecule has 0 unspecified atom stereocenters. The van der Waals surface area contributed by atoms with Crippen LogP contribution in [0.15, 0.2) is 48.8 Å². The fraction of sp³-hybridized carbons (Fsp3) is 0.0667. The Balaban J connectivity index is 2.23. The Morgan fingerprint density at radius 1 is 1.26 bits per heavy atom. The summed E-state index contributed by atoms with van der Waals surface area (Å²) in [5.74, 6) is 1.57. The number of imidazole rings is 1. The molecule has 0 spiro atoms. The zero-order valence-corrected chi connectivity index (χ0v) is 10.4. The minimum absolute atomic E-state index is 0.638. The number of hydrogen-bond acceptors (Lipinski definition) is 3. The molecule has 0 bridgehead atoms. The molecule has 3 aromatic rings. The third kappa shape index (κ3) is 1.87. The molecule has 0 aliphatic rings. The van der Waals surface area contributed by atoms with Crippen molar-refractivity contribution >= 4 is 11.8 Å². The summed E-state index contributed by atoms with van der Waals surface area (Å²) in [6.07, 6.45) is 4.42. The molecule has 0 amide bonds. The van der Waals surface area contributed by atoms with E-state index in [9.17, 15) is 4.79 Å². The van der Waals surface area contributed by atoms with E-state index in [-0.39, 0.29) is 0 Å². The van der Waals surface area contributed by atoms with E-state index < -0.39 is 0 Å². The Labute approximate surface area is 110 Å². The van der Waals surface area contributed by atoms with Gasteiger partial charge in [-0.1, -0.05) is 12.1 Å². The van der Waals surface area contributed by atoms with Crippen LogP contribution in [0.2, 0.25) is 0 Å². The lowest BCUT2D eigenvalue weighted by molar-refractivity contribution is 0.112. The van der Waals surface area contributed by atoms with Gasteiger partial charge < -0.3 is 4.74 Å². The van der Waals surface area contributed by atoms with Crippen LogP contribution in [0.3, 0.4) is 0 Å². The van der Waals surface area contributed by atoms with Gasteiger partial charge in [0.05, 0.1) is 24.4 Å². The summed E-state index contributed by atoms with van der Waals surface area (Å²) in [5, 5.41) is 0. The molecular weight excluding hydrogens is 240 g/mol. The normalized spacial score (nSPS) is 10.6. The van der Waals surface area contributed by atoms with E-state index in [1.165, 1.54) is 0 Å². The number of ether oxygens (including phenoxy) is 1. The second-order valence-electron chi connectivity index (χ2n) is 4.15. The Hall–Kier alpha value is -2.62. The van der Waals surface area contributed by atoms with Crippen molar-refractivity contribution in [3.63, 3.8) is 0 Å². The summed E-state index contributed by atoms with van der Waals surface area (Å²) >= 11 is 0. The average molecular weight is 252 g/mol. The molecule has 94 valence electrons. The molecule has 19 heavy (non-hydrogen) atoms. The maximum atomic E-state index is 10.8. The predicted molar refractivity (Wildman–Crippen MR) is 72.6 cm³/mol. The molecule has 2 heterocycles. The molecule has 0 atom stereocenters. The van der Waals surface area contributed by atoms with E-state index in [0.29, 0.717) is 5.56 Å². The number of aldehydes is 1. The summed E-state index contributed by atoms with van der Waals surface area (Å²) in [6, 6.07) is 11.3. The first-order valence-electron chi connectivity index (χ1n) is 5.89. The van der Waals surface area contributed by atoms with E-state index in [1.54, 1.807) is 25.4 Å². The van der Waals surface area contributed by atoms with Crippen LogP contribution in [0, 0.1) is 0 Å². The van der Waals surface area contributed by atoms with Gasteiger partial charge in [-0.2, -0.15) is 0 Å². The van der Waals surface area contributed by atoms with Gasteiger partial charge in [0.15, 0.2) is 0 Å². The molecule has 0 N–H and O–H groups in total. The number of para-hydroxylation sites is 1. The van der Waals surface area contributed by atoms with E-state index in [1.807, 2.05) is 34.9 Å². The second kappa shape index (κ2) is 4.57. The molecule has 0 saturated heterocycles. The fourth-order valence-corrected chi connectivity index (χ4v) is 2.12. The van der Waals surface area contributed by atoms with Crippen LogP contribution in [-0.2, 0) is 0 Å². The molecule has 3 rings (SSSR count). The van der Waals surface area contributed by atoms with Crippen LogP contribution >= 0.6 is 0 Å². The average Bonchev–Trinajstić information content (AvgIpc) is 2.89. The first-order valence-corrected chi connectivity index (χ1v) is 5.89. The van der Waals surface area contributed by atoms with Crippen LogP contribution in [0.25, 0.3) is 16.9 Å². The van der Waals surface area contributed by atoms with E-state index in [2.05, 4.69) is 4.98 Å². The predicted octanol–water partition coefficient (Wildman–Crippen LogP) is 2.82. The summed E-state index contributed by atoms with van der Waals surface area (Å²) in [7, 11) is 1.64. The molecule has 2 aromatic heterocycles. The Morgan fingerprint density at radius 2 is 2.11 bits per heavy atom. The zero-order valence-electron chi connectivity index (χ0n) is 10.4. The lowest BCUT2D eigenvalue weighted by Gasteiger charge is -2.07. The second-order valence-corrected chi connectivity index (χ2v) is 4.15. The molecule has 0 radical (unpaired) electrons. The van der Waals surface area contributed by atoms with Crippen molar-refractivity contribution in [1.82, 2.24) is 9.38 Å². The molecule has 4 nitrogen and oxygen atoms in total. The highest BCUT2D eigenvalue weighted by Gasteiger charge is 2.11. The van der Waals surface area contributed by atoms with Gasteiger partial charge >= 0.3 is 0 Å². The van der Waals surface area contributed by atoms with Crippen molar-refractivity contribution in [2.75, 3.05) is 7.11 Å². The molecule has 0 fully saturated rings. The first-order chi connectivity index (χ1) is 9.33. The SMILES string of the molecule is COc1ccccc1-c1ncc2cc(C=O)ccn12. The standard InChI is InChI=1S/C15H12N2O2/c1-19-14-5-3-2-4-13(14)15-16-9-12-8-11(10-18)6-7-17(12)15/h2-10H,1H3. The Bertz CT molecular complexity index is 747. The van der Waals surface area contributed by atoms with E-state index >= 15 is 0 Å². The molecule has 0 aliphatic heterocycles. The van der Waals surface area contributed by atoms with Crippen molar-refractivity contribution < 1.29 is 9.53 Å². The van der Waals surface area contributed by atoms with Crippen molar-refractivity contribution in [3.05, 3.63) is 54.4 Å². The van der Waals surface area contributed by atoms with Gasteiger partial charge in [0.1, 0.15) is 17.9 Å². The number of carbonyl (C=O) groups excluding carboxylic acids is 1. The number of rotatable bonds is 3. The number of hydrogen-bond donors (Lipinski definition) is 0. The largest absolute Gasteiger partial charge is 0.496 e. The maximum Gasteiger partial charge on any atom is 0.150 e.